The van der Waals surface area contributed by atoms with Crippen molar-refractivity contribution in [1.29, 1.82) is 0 Å². The van der Waals surface area contributed by atoms with E-state index < -0.39 is 0 Å². The van der Waals surface area contributed by atoms with Crippen molar-refractivity contribution >= 4 is 17.1 Å². The van der Waals surface area contributed by atoms with E-state index in [0.717, 1.165) is 35.6 Å². The highest BCUT2D eigenvalue weighted by molar-refractivity contribution is 6.14. The molecule has 3 aromatic rings. The van der Waals surface area contributed by atoms with Crippen LogP contribution in [0.3, 0.4) is 0 Å². The summed E-state index contributed by atoms with van der Waals surface area (Å²) < 4.78 is 0. The molecule has 2 heteroatoms. The number of benzene rings is 3. The van der Waals surface area contributed by atoms with Crippen LogP contribution in [0, 0.1) is 0 Å². The van der Waals surface area contributed by atoms with E-state index in [1.165, 1.54) is 31.4 Å². The summed E-state index contributed by atoms with van der Waals surface area (Å²) in [4.78, 5) is 7.50. The van der Waals surface area contributed by atoms with E-state index in [1.807, 2.05) is 24.3 Å². The molecule has 0 atom stereocenters. The zero-order valence-electron chi connectivity index (χ0n) is 17.7. The quantitative estimate of drug-likeness (QED) is 0.336. The maximum Gasteiger partial charge on any atom is 0.0781 e. The van der Waals surface area contributed by atoms with Crippen molar-refractivity contribution < 1.29 is 0 Å². The monoisotopic (exact) mass is 384 g/mol. The summed E-state index contributed by atoms with van der Waals surface area (Å²) >= 11 is 0. The minimum absolute atomic E-state index is 0.975. The fourth-order valence-corrected chi connectivity index (χ4v) is 3.42. The Balaban J connectivity index is 1.91. The van der Waals surface area contributed by atoms with Gasteiger partial charge in [-0.1, -0.05) is 87.4 Å². The van der Waals surface area contributed by atoms with Gasteiger partial charge in [0, 0.05) is 29.9 Å². The number of hydrogen-bond donors (Lipinski definition) is 0. The van der Waals surface area contributed by atoms with Gasteiger partial charge in [0.2, 0.25) is 0 Å². The predicted molar refractivity (Wildman–Crippen MR) is 127 cm³/mol. The van der Waals surface area contributed by atoms with Crippen molar-refractivity contribution in [2.24, 2.45) is 4.99 Å². The molecule has 29 heavy (non-hydrogen) atoms. The lowest BCUT2D eigenvalue weighted by Crippen LogP contribution is -2.25. The first kappa shape index (κ1) is 20.9. The number of unbranched alkanes of at least 4 members (excludes halogenated alkanes) is 2. The number of hydrogen-bond acceptors (Lipinski definition) is 2. The second-order valence-electron chi connectivity index (χ2n) is 7.40. The molecule has 0 unspecified atom stereocenters. The SMILES string of the molecule is CCCCN(CCCC)c1ccc(C(=Nc2ccccc2)c2ccccc2)cc1. The van der Waals surface area contributed by atoms with E-state index in [-0.39, 0.29) is 0 Å². The van der Waals surface area contributed by atoms with Crippen molar-refractivity contribution in [3.05, 3.63) is 96.1 Å². The van der Waals surface area contributed by atoms with Crippen LogP contribution in [0.4, 0.5) is 11.4 Å². The summed E-state index contributed by atoms with van der Waals surface area (Å²) in [6.07, 6.45) is 4.91. The highest BCUT2D eigenvalue weighted by Crippen LogP contribution is 2.22. The number of anilines is 1. The van der Waals surface area contributed by atoms with Gasteiger partial charge in [0.15, 0.2) is 0 Å². The Morgan fingerprint density at radius 1 is 0.655 bits per heavy atom. The number of rotatable bonds is 10. The average Bonchev–Trinajstić information content (AvgIpc) is 2.79. The molecule has 0 heterocycles. The zero-order chi connectivity index (χ0) is 20.3. The molecule has 3 rings (SSSR count). The van der Waals surface area contributed by atoms with Crippen LogP contribution in [-0.4, -0.2) is 18.8 Å². The van der Waals surface area contributed by atoms with Crippen LogP contribution in [0.5, 0.6) is 0 Å². The first-order chi connectivity index (χ1) is 14.3. The largest absolute Gasteiger partial charge is 0.372 e. The molecule has 0 N–H and O–H groups in total. The molecule has 0 fully saturated rings. The molecule has 150 valence electrons. The van der Waals surface area contributed by atoms with Gasteiger partial charge in [-0.05, 0) is 37.1 Å². The second-order valence-corrected chi connectivity index (χ2v) is 7.40. The summed E-state index contributed by atoms with van der Waals surface area (Å²) in [5, 5.41) is 0. The lowest BCUT2D eigenvalue weighted by atomic mass is 10.0. The van der Waals surface area contributed by atoms with Gasteiger partial charge in [-0.3, -0.25) is 0 Å². The van der Waals surface area contributed by atoms with Crippen LogP contribution in [0.15, 0.2) is 89.9 Å². The maximum absolute atomic E-state index is 4.98. The molecule has 0 saturated carbocycles. The van der Waals surface area contributed by atoms with Gasteiger partial charge < -0.3 is 4.90 Å². The van der Waals surface area contributed by atoms with Gasteiger partial charge in [-0.15, -0.1) is 0 Å². The predicted octanol–water partition coefficient (Wildman–Crippen LogP) is 7.26. The van der Waals surface area contributed by atoms with Gasteiger partial charge in [0.05, 0.1) is 11.4 Å². The Kier molecular flexibility index (Phi) is 8.06. The summed E-state index contributed by atoms with van der Waals surface area (Å²) in [6, 6.07) is 29.6. The summed E-state index contributed by atoms with van der Waals surface area (Å²) in [5.74, 6) is 0. The van der Waals surface area contributed by atoms with Gasteiger partial charge in [-0.25, -0.2) is 4.99 Å². The molecule has 0 bridgehead atoms. The molecule has 0 aliphatic heterocycles. The van der Waals surface area contributed by atoms with Crippen molar-refractivity contribution in [2.45, 2.75) is 39.5 Å². The minimum Gasteiger partial charge on any atom is -0.372 e. The Morgan fingerprint density at radius 3 is 1.72 bits per heavy atom. The van der Waals surface area contributed by atoms with Crippen molar-refractivity contribution in [3.8, 4) is 0 Å². The van der Waals surface area contributed by atoms with E-state index in [9.17, 15) is 0 Å². The summed E-state index contributed by atoms with van der Waals surface area (Å²) in [5.41, 5.74) is 5.58. The molecule has 0 spiro atoms. The first-order valence-electron chi connectivity index (χ1n) is 10.9. The van der Waals surface area contributed by atoms with Gasteiger partial charge in [0.1, 0.15) is 0 Å². The lowest BCUT2D eigenvalue weighted by Gasteiger charge is -2.25. The average molecular weight is 385 g/mol. The van der Waals surface area contributed by atoms with E-state index >= 15 is 0 Å². The fourth-order valence-electron chi connectivity index (χ4n) is 3.42. The van der Waals surface area contributed by atoms with E-state index in [1.54, 1.807) is 0 Å². The van der Waals surface area contributed by atoms with E-state index in [2.05, 4.69) is 79.4 Å². The summed E-state index contributed by atoms with van der Waals surface area (Å²) in [7, 11) is 0. The van der Waals surface area contributed by atoms with Crippen molar-refractivity contribution in [2.75, 3.05) is 18.0 Å². The smallest absolute Gasteiger partial charge is 0.0781 e. The van der Waals surface area contributed by atoms with Crippen molar-refractivity contribution in [3.63, 3.8) is 0 Å². The lowest BCUT2D eigenvalue weighted by molar-refractivity contribution is 0.678. The Bertz CT molecular complexity index is 859. The highest BCUT2D eigenvalue weighted by Gasteiger charge is 2.10. The molecule has 0 amide bonds. The fraction of sp³-hybridized carbons (Fsp3) is 0.296. The maximum atomic E-state index is 4.98. The van der Waals surface area contributed by atoms with Gasteiger partial charge >= 0.3 is 0 Å². The van der Waals surface area contributed by atoms with Gasteiger partial charge in [0.25, 0.3) is 0 Å². The van der Waals surface area contributed by atoms with Crippen LogP contribution in [0.2, 0.25) is 0 Å². The van der Waals surface area contributed by atoms with Crippen LogP contribution in [0.25, 0.3) is 0 Å². The topological polar surface area (TPSA) is 15.6 Å². The second kappa shape index (κ2) is 11.2. The molecular weight excluding hydrogens is 352 g/mol. The minimum atomic E-state index is 0.975. The van der Waals surface area contributed by atoms with Crippen LogP contribution >= 0.6 is 0 Å². The zero-order valence-corrected chi connectivity index (χ0v) is 17.7. The Morgan fingerprint density at radius 2 is 1.17 bits per heavy atom. The normalized spacial score (nSPS) is 11.4. The third-order valence-electron chi connectivity index (χ3n) is 5.11. The van der Waals surface area contributed by atoms with Crippen LogP contribution < -0.4 is 4.90 Å². The number of aliphatic imine (C=N–C) groups is 1. The van der Waals surface area contributed by atoms with Crippen LogP contribution in [-0.2, 0) is 0 Å². The van der Waals surface area contributed by atoms with Crippen LogP contribution in [0.1, 0.15) is 50.7 Å². The standard InChI is InChI=1S/C27H32N2/c1-3-5-21-29(22-6-4-2)26-19-17-24(18-20-26)27(23-13-9-7-10-14-23)28-25-15-11-8-12-16-25/h7-20H,3-6,21-22H2,1-2H3. The highest BCUT2D eigenvalue weighted by atomic mass is 15.1. The number of nitrogens with zero attached hydrogens (tertiary/aromatic N) is 2. The number of para-hydroxylation sites is 1. The summed E-state index contributed by atoms with van der Waals surface area (Å²) in [6.45, 7) is 6.76. The molecule has 2 nitrogen and oxygen atoms in total. The molecule has 0 aromatic heterocycles. The van der Waals surface area contributed by atoms with Crippen molar-refractivity contribution in [1.82, 2.24) is 0 Å². The third-order valence-corrected chi connectivity index (χ3v) is 5.11. The van der Waals surface area contributed by atoms with E-state index in [4.69, 9.17) is 4.99 Å². The third kappa shape index (κ3) is 6.05. The molecule has 0 saturated heterocycles. The molecule has 3 aromatic carbocycles. The molecule has 0 aliphatic carbocycles. The molecular formula is C27H32N2. The molecule has 0 radical (unpaired) electrons. The van der Waals surface area contributed by atoms with E-state index in [0.29, 0.717) is 0 Å². The van der Waals surface area contributed by atoms with Gasteiger partial charge in [-0.2, -0.15) is 0 Å². The first-order valence-corrected chi connectivity index (χ1v) is 10.9. The molecule has 0 aliphatic rings. The Hall–Kier alpha value is -2.87. The Labute approximate surface area is 175 Å².